The normalized spacial score (nSPS) is 21.6. The van der Waals surface area contributed by atoms with Crippen LogP contribution in [0.2, 0.25) is 0 Å². The number of fused-ring (bicyclic) bond motifs is 1. The molecular formula is C28H38N2O3. The van der Waals surface area contributed by atoms with Gasteiger partial charge in [-0.1, -0.05) is 42.5 Å². The fourth-order valence-corrected chi connectivity index (χ4v) is 5.28. The van der Waals surface area contributed by atoms with Gasteiger partial charge in [0.25, 0.3) is 0 Å². The summed E-state index contributed by atoms with van der Waals surface area (Å²) >= 11 is 0. The SMILES string of the molecule is Cc1ccc2c(c1OC(C)C)CC(C1CCN(CCc3ccccc3)CC1)OC2CNC=O. The number of nitrogens with zero attached hydrogens (tertiary/aromatic N) is 1. The van der Waals surface area contributed by atoms with E-state index in [1.807, 2.05) is 0 Å². The lowest BCUT2D eigenvalue weighted by Crippen LogP contribution is -2.43. The van der Waals surface area contributed by atoms with Gasteiger partial charge in [0.2, 0.25) is 6.41 Å². The van der Waals surface area contributed by atoms with E-state index < -0.39 is 0 Å². The maximum atomic E-state index is 11.0. The molecule has 1 N–H and O–H groups in total. The van der Waals surface area contributed by atoms with Crippen molar-refractivity contribution >= 4 is 6.41 Å². The topological polar surface area (TPSA) is 50.8 Å². The lowest BCUT2D eigenvalue weighted by atomic mass is 9.83. The number of ether oxygens (including phenoxy) is 2. The van der Waals surface area contributed by atoms with Crippen LogP contribution in [0.15, 0.2) is 42.5 Å². The van der Waals surface area contributed by atoms with Crippen LogP contribution >= 0.6 is 0 Å². The zero-order chi connectivity index (χ0) is 23.2. The first-order valence-electron chi connectivity index (χ1n) is 12.4. The summed E-state index contributed by atoms with van der Waals surface area (Å²) in [6.45, 7) is 10.1. The predicted molar refractivity (Wildman–Crippen MR) is 132 cm³/mol. The molecule has 1 amide bonds. The molecule has 0 spiro atoms. The number of amides is 1. The van der Waals surface area contributed by atoms with Gasteiger partial charge in [-0.25, -0.2) is 0 Å². The van der Waals surface area contributed by atoms with Crippen LogP contribution in [0.25, 0.3) is 0 Å². The minimum Gasteiger partial charge on any atom is -0.490 e. The number of piperidine rings is 1. The van der Waals surface area contributed by atoms with E-state index in [0.717, 1.165) is 63.0 Å². The number of rotatable bonds is 9. The number of aryl methyl sites for hydroxylation is 1. The number of benzene rings is 2. The number of carbonyl (C=O) groups excluding carboxylic acids is 1. The van der Waals surface area contributed by atoms with Crippen molar-refractivity contribution in [3.8, 4) is 5.75 Å². The van der Waals surface area contributed by atoms with Gasteiger partial charge in [0.15, 0.2) is 0 Å². The van der Waals surface area contributed by atoms with Gasteiger partial charge < -0.3 is 19.7 Å². The highest BCUT2D eigenvalue weighted by Gasteiger charge is 2.36. The molecule has 1 fully saturated rings. The summed E-state index contributed by atoms with van der Waals surface area (Å²) in [6, 6.07) is 15.0. The predicted octanol–water partition coefficient (Wildman–Crippen LogP) is 4.47. The van der Waals surface area contributed by atoms with Crippen molar-refractivity contribution in [2.24, 2.45) is 5.92 Å². The second kappa shape index (κ2) is 11.2. The van der Waals surface area contributed by atoms with Crippen LogP contribution in [-0.2, 0) is 22.4 Å². The highest BCUT2D eigenvalue weighted by molar-refractivity contribution is 5.50. The van der Waals surface area contributed by atoms with Crippen LogP contribution in [0.4, 0.5) is 0 Å². The highest BCUT2D eigenvalue weighted by Crippen LogP contribution is 2.41. The summed E-state index contributed by atoms with van der Waals surface area (Å²) in [4.78, 5) is 13.6. The Balaban J connectivity index is 1.44. The molecule has 178 valence electrons. The van der Waals surface area contributed by atoms with Gasteiger partial charge in [0.1, 0.15) is 11.9 Å². The molecule has 2 heterocycles. The summed E-state index contributed by atoms with van der Waals surface area (Å²) < 4.78 is 12.9. The Bertz CT molecular complexity index is 907. The molecule has 2 aliphatic heterocycles. The first kappa shape index (κ1) is 23.8. The smallest absolute Gasteiger partial charge is 0.207 e. The summed E-state index contributed by atoms with van der Waals surface area (Å²) in [5.41, 5.74) is 5.00. The van der Waals surface area contributed by atoms with E-state index in [4.69, 9.17) is 9.47 Å². The molecule has 0 aromatic heterocycles. The van der Waals surface area contributed by atoms with Crippen molar-refractivity contribution < 1.29 is 14.3 Å². The lowest BCUT2D eigenvalue weighted by molar-refractivity contribution is -0.111. The van der Waals surface area contributed by atoms with Crippen molar-refractivity contribution in [2.45, 2.75) is 64.8 Å². The zero-order valence-electron chi connectivity index (χ0n) is 20.3. The summed E-state index contributed by atoms with van der Waals surface area (Å²) in [5, 5.41) is 2.84. The second-order valence-corrected chi connectivity index (χ2v) is 9.75. The van der Waals surface area contributed by atoms with Gasteiger partial charge in [-0.3, -0.25) is 4.79 Å². The Morgan fingerprint density at radius 3 is 2.61 bits per heavy atom. The van der Waals surface area contributed by atoms with Gasteiger partial charge in [-0.2, -0.15) is 0 Å². The molecule has 1 saturated heterocycles. The third-order valence-corrected chi connectivity index (χ3v) is 7.04. The molecule has 2 aromatic carbocycles. The third-order valence-electron chi connectivity index (χ3n) is 7.04. The summed E-state index contributed by atoms with van der Waals surface area (Å²) in [7, 11) is 0. The molecule has 0 bridgehead atoms. The number of hydrogen-bond acceptors (Lipinski definition) is 4. The molecule has 33 heavy (non-hydrogen) atoms. The summed E-state index contributed by atoms with van der Waals surface area (Å²) in [5.74, 6) is 1.53. The minimum absolute atomic E-state index is 0.121. The molecule has 2 aliphatic rings. The Morgan fingerprint density at radius 2 is 1.91 bits per heavy atom. The number of hydrogen-bond donors (Lipinski definition) is 1. The standard InChI is InChI=1S/C28H38N2O3/c1-20(2)32-28-21(3)9-10-24-25(28)17-26(33-27(24)18-29-19-31)23-12-15-30(16-13-23)14-11-22-7-5-4-6-8-22/h4-10,19-20,23,26-27H,11-18H2,1-3H3,(H,29,31). The van der Waals surface area contributed by atoms with Crippen molar-refractivity contribution in [3.63, 3.8) is 0 Å². The largest absolute Gasteiger partial charge is 0.490 e. The van der Waals surface area contributed by atoms with E-state index in [2.05, 4.69) is 73.5 Å². The average molecular weight is 451 g/mol. The van der Waals surface area contributed by atoms with E-state index in [1.54, 1.807) is 0 Å². The van der Waals surface area contributed by atoms with Gasteiger partial charge in [0, 0.05) is 25.1 Å². The monoisotopic (exact) mass is 450 g/mol. The number of carbonyl (C=O) groups is 1. The summed E-state index contributed by atoms with van der Waals surface area (Å²) in [6.07, 6.45) is 5.19. The zero-order valence-corrected chi connectivity index (χ0v) is 20.3. The van der Waals surface area contributed by atoms with E-state index in [-0.39, 0.29) is 18.3 Å². The molecule has 5 nitrogen and oxygen atoms in total. The lowest BCUT2D eigenvalue weighted by Gasteiger charge is -2.41. The third kappa shape index (κ3) is 5.96. The van der Waals surface area contributed by atoms with E-state index >= 15 is 0 Å². The molecule has 2 aromatic rings. The fraction of sp³-hybridized carbons (Fsp3) is 0.536. The van der Waals surface area contributed by atoms with Crippen LogP contribution < -0.4 is 10.1 Å². The van der Waals surface area contributed by atoms with E-state index in [1.165, 1.54) is 16.7 Å². The first-order valence-corrected chi connectivity index (χ1v) is 12.4. The van der Waals surface area contributed by atoms with Crippen molar-refractivity contribution in [1.82, 2.24) is 10.2 Å². The van der Waals surface area contributed by atoms with Crippen molar-refractivity contribution in [1.29, 1.82) is 0 Å². The maximum absolute atomic E-state index is 11.0. The molecule has 2 unspecified atom stereocenters. The van der Waals surface area contributed by atoms with E-state index in [9.17, 15) is 4.79 Å². The maximum Gasteiger partial charge on any atom is 0.207 e. The van der Waals surface area contributed by atoms with E-state index in [0.29, 0.717) is 12.5 Å². The molecule has 0 aliphatic carbocycles. The van der Waals surface area contributed by atoms with Gasteiger partial charge in [-0.05, 0) is 75.7 Å². The fourth-order valence-electron chi connectivity index (χ4n) is 5.28. The molecule has 0 radical (unpaired) electrons. The molecule has 2 atom stereocenters. The molecule has 0 saturated carbocycles. The quantitative estimate of drug-likeness (QED) is 0.573. The van der Waals surface area contributed by atoms with Crippen molar-refractivity contribution in [2.75, 3.05) is 26.2 Å². The first-order chi connectivity index (χ1) is 16.0. The number of nitrogens with one attached hydrogen (secondary N) is 1. The minimum atomic E-state index is -0.129. The van der Waals surface area contributed by atoms with Crippen LogP contribution in [0.1, 0.15) is 55.0 Å². The van der Waals surface area contributed by atoms with Crippen molar-refractivity contribution in [3.05, 3.63) is 64.7 Å². The van der Waals surface area contributed by atoms with Crippen LogP contribution in [0.3, 0.4) is 0 Å². The highest BCUT2D eigenvalue weighted by atomic mass is 16.5. The van der Waals surface area contributed by atoms with Gasteiger partial charge in [0.05, 0.1) is 12.2 Å². The molecule has 5 heteroatoms. The van der Waals surface area contributed by atoms with Crippen LogP contribution in [0.5, 0.6) is 5.75 Å². The average Bonchev–Trinajstić information content (AvgIpc) is 2.83. The Morgan fingerprint density at radius 1 is 1.15 bits per heavy atom. The molecule has 4 rings (SSSR count). The molecular weight excluding hydrogens is 412 g/mol. The second-order valence-electron chi connectivity index (χ2n) is 9.75. The Hall–Kier alpha value is -2.37. The Labute approximate surface area is 198 Å². The van der Waals surface area contributed by atoms with Gasteiger partial charge >= 0.3 is 0 Å². The van der Waals surface area contributed by atoms with Crippen LogP contribution in [-0.4, -0.2) is 49.7 Å². The Kier molecular flexibility index (Phi) is 8.05. The van der Waals surface area contributed by atoms with Gasteiger partial charge in [-0.15, -0.1) is 0 Å². The van der Waals surface area contributed by atoms with Crippen LogP contribution in [0, 0.1) is 12.8 Å². The number of likely N-dealkylation sites (tertiary alicyclic amines) is 1.